The summed E-state index contributed by atoms with van der Waals surface area (Å²) in [4.78, 5) is 2.57. The van der Waals surface area contributed by atoms with Crippen LogP contribution in [0.5, 0.6) is 0 Å². The van der Waals surface area contributed by atoms with Crippen molar-refractivity contribution < 1.29 is 4.57 Å². The van der Waals surface area contributed by atoms with Crippen LogP contribution in [0.25, 0.3) is 21.7 Å². The van der Waals surface area contributed by atoms with Crippen LogP contribution in [0.15, 0.2) is 48.5 Å². The van der Waals surface area contributed by atoms with Gasteiger partial charge in [-0.15, -0.1) is 0 Å². The van der Waals surface area contributed by atoms with Gasteiger partial charge in [-0.2, -0.15) is 0 Å². The van der Waals surface area contributed by atoms with E-state index in [1.54, 1.807) is 0 Å². The van der Waals surface area contributed by atoms with Gasteiger partial charge in [0.15, 0.2) is 0 Å². The van der Waals surface area contributed by atoms with Crippen molar-refractivity contribution in [1.82, 2.24) is 0 Å². The number of para-hydroxylation sites is 1. The average Bonchev–Trinajstić information content (AvgIpc) is 2.97. The van der Waals surface area contributed by atoms with Crippen molar-refractivity contribution in [3.8, 4) is 0 Å². The van der Waals surface area contributed by atoms with Gasteiger partial charge in [0.2, 0.25) is 0 Å². The minimum Gasteiger partial charge on any atom is -0.257 e. The van der Waals surface area contributed by atoms with Crippen molar-refractivity contribution in [3.63, 3.8) is 0 Å². The van der Waals surface area contributed by atoms with E-state index in [1.807, 2.05) is 0 Å². The molecule has 0 unspecified atom stereocenters. The fourth-order valence-corrected chi connectivity index (χ4v) is 3.57. The van der Waals surface area contributed by atoms with Crippen molar-refractivity contribution in [1.29, 1.82) is 0 Å². The molecular weight excluding hydrogens is 256 g/mol. The molecule has 2 heteroatoms. The molecule has 2 aromatic carbocycles. The predicted molar refractivity (Wildman–Crippen MR) is 88.8 cm³/mol. The van der Waals surface area contributed by atoms with Gasteiger partial charge in [0.05, 0.1) is 11.9 Å². The van der Waals surface area contributed by atoms with Crippen LogP contribution in [0, 0.1) is 0 Å². The molecule has 1 aromatic heterocycles. The summed E-state index contributed by atoms with van der Waals surface area (Å²) in [5.74, 6) is 1.41. The number of aromatic nitrogens is 1. The first-order valence-electron chi connectivity index (χ1n) is 7.98. The van der Waals surface area contributed by atoms with Crippen LogP contribution in [0.3, 0.4) is 0 Å². The molecule has 2 heterocycles. The standard InChI is InChI=1S/C19H21N2/c1-2-3-12-20-13-14-21-18-11-7-6-9-16(18)15-8-4-5-10-17(15)19(20)21/h4-11H,2-3,12-14H2,1H3/q+1. The van der Waals surface area contributed by atoms with E-state index in [0.29, 0.717) is 0 Å². The molecule has 4 rings (SSSR count). The van der Waals surface area contributed by atoms with Crippen molar-refractivity contribution in [2.45, 2.75) is 26.3 Å². The lowest BCUT2D eigenvalue weighted by atomic mass is 10.1. The summed E-state index contributed by atoms with van der Waals surface area (Å²) < 4.78 is 2.51. The summed E-state index contributed by atoms with van der Waals surface area (Å²) >= 11 is 0. The molecule has 1 aliphatic heterocycles. The molecule has 0 atom stereocenters. The van der Waals surface area contributed by atoms with E-state index in [9.17, 15) is 0 Å². The molecule has 0 radical (unpaired) electrons. The highest BCUT2D eigenvalue weighted by Crippen LogP contribution is 2.32. The van der Waals surface area contributed by atoms with Crippen LogP contribution in [-0.2, 0) is 6.54 Å². The Morgan fingerprint density at radius 3 is 2.48 bits per heavy atom. The molecule has 106 valence electrons. The zero-order valence-corrected chi connectivity index (χ0v) is 12.5. The fourth-order valence-electron chi connectivity index (χ4n) is 3.57. The molecule has 0 spiro atoms. The first-order valence-corrected chi connectivity index (χ1v) is 7.98. The van der Waals surface area contributed by atoms with Gasteiger partial charge in [0.25, 0.3) is 5.82 Å². The number of pyridine rings is 1. The summed E-state index contributed by atoms with van der Waals surface area (Å²) in [6.07, 6.45) is 2.52. The first kappa shape index (κ1) is 12.6. The first-order chi connectivity index (χ1) is 10.4. The highest BCUT2D eigenvalue weighted by atomic mass is 15.3. The Morgan fingerprint density at radius 2 is 1.67 bits per heavy atom. The molecule has 0 fully saturated rings. The quantitative estimate of drug-likeness (QED) is 0.520. The lowest BCUT2D eigenvalue weighted by Gasteiger charge is -2.13. The second-order valence-corrected chi connectivity index (χ2v) is 5.88. The molecule has 0 aliphatic carbocycles. The Labute approximate surface area is 125 Å². The highest BCUT2D eigenvalue weighted by Gasteiger charge is 2.31. The summed E-state index contributed by atoms with van der Waals surface area (Å²) in [5, 5.41) is 4.14. The maximum atomic E-state index is 2.57. The Balaban J connectivity index is 2.04. The SMILES string of the molecule is CCCCN1CC[n+]2c1c1ccccc1c1ccccc12. The number of nitrogens with zero attached hydrogens (tertiary/aromatic N) is 2. The average molecular weight is 277 g/mol. The molecule has 0 amide bonds. The van der Waals surface area contributed by atoms with Crippen molar-refractivity contribution >= 4 is 27.5 Å². The lowest BCUT2D eigenvalue weighted by Crippen LogP contribution is -2.32. The number of unbranched alkanes of at least 4 members (excludes halogenated alkanes) is 1. The fraction of sp³-hybridized carbons (Fsp3) is 0.316. The zero-order valence-electron chi connectivity index (χ0n) is 12.5. The predicted octanol–water partition coefficient (Wildman–Crippen LogP) is 3.90. The molecular formula is C19H21N2+. The summed E-state index contributed by atoms with van der Waals surface area (Å²) in [6, 6.07) is 17.6. The van der Waals surface area contributed by atoms with Gasteiger partial charge in [0.1, 0.15) is 18.6 Å². The van der Waals surface area contributed by atoms with Crippen LogP contribution in [0.1, 0.15) is 19.8 Å². The van der Waals surface area contributed by atoms with Gasteiger partial charge in [-0.25, -0.2) is 4.57 Å². The number of fused-ring (bicyclic) bond motifs is 6. The third-order valence-corrected chi connectivity index (χ3v) is 4.58. The summed E-state index contributed by atoms with van der Waals surface area (Å²) in [7, 11) is 0. The van der Waals surface area contributed by atoms with E-state index in [4.69, 9.17) is 0 Å². The molecule has 21 heavy (non-hydrogen) atoms. The van der Waals surface area contributed by atoms with Gasteiger partial charge < -0.3 is 0 Å². The molecule has 0 N–H and O–H groups in total. The van der Waals surface area contributed by atoms with E-state index in [0.717, 1.165) is 13.1 Å². The second kappa shape index (κ2) is 5.03. The summed E-state index contributed by atoms with van der Waals surface area (Å²) in [5.41, 5.74) is 1.37. The molecule has 0 saturated carbocycles. The van der Waals surface area contributed by atoms with Gasteiger partial charge in [-0.1, -0.05) is 49.7 Å². The van der Waals surface area contributed by atoms with E-state index < -0.39 is 0 Å². The third-order valence-electron chi connectivity index (χ3n) is 4.58. The maximum absolute atomic E-state index is 2.57. The molecule has 3 aromatic rings. The van der Waals surface area contributed by atoms with Crippen LogP contribution >= 0.6 is 0 Å². The van der Waals surface area contributed by atoms with E-state index in [1.165, 1.54) is 46.9 Å². The van der Waals surface area contributed by atoms with Crippen LogP contribution in [0.2, 0.25) is 0 Å². The highest BCUT2D eigenvalue weighted by molar-refractivity contribution is 6.08. The van der Waals surface area contributed by atoms with Crippen molar-refractivity contribution in [3.05, 3.63) is 48.5 Å². The molecule has 1 aliphatic rings. The smallest absolute Gasteiger partial charge is 0.257 e. The van der Waals surface area contributed by atoms with Crippen LogP contribution in [0.4, 0.5) is 5.82 Å². The molecule has 0 bridgehead atoms. The number of hydrogen-bond donors (Lipinski definition) is 0. The van der Waals surface area contributed by atoms with E-state index >= 15 is 0 Å². The van der Waals surface area contributed by atoms with Crippen molar-refractivity contribution in [2.75, 3.05) is 18.0 Å². The van der Waals surface area contributed by atoms with Crippen LogP contribution in [-0.4, -0.2) is 13.1 Å². The van der Waals surface area contributed by atoms with Gasteiger partial charge in [-0.05, 0) is 18.6 Å². The van der Waals surface area contributed by atoms with E-state index in [-0.39, 0.29) is 0 Å². The van der Waals surface area contributed by atoms with Gasteiger partial charge >= 0.3 is 0 Å². The molecule has 0 saturated heterocycles. The monoisotopic (exact) mass is 277 g/mol. The Bertz CT molecular complexity index is 807. The largest absolute Gasteiger partial charge is 0.285 e. The Hall–Kier alpha value is -2.09. The second-order valence-electron chi connectivity index (χ2n) is 5.88. The van der Waals surface area contributed by atoms with Crippen LogP contribution < -0.4 is 9.47 Å². The van der Waals surface area contributed by atoms with Gasteiger partial charge in [-0.3, -0.25) is 4.90 Å². The number of rotatable bonds is 3. The normalized spacial score (nSPS) is 14.0. The number of benzene rings is 2. The number of hydrogen-bond acceptors (Lipinski definition) is 1. The van der Waals surface area contributed by atoms with E-state index in [2.05, 4.69) is 64.9 Å². The summed E-state index contributed by atoms with van der Waals surface area (Å²) in [6.45, 7) is 5.67. The molecule has 2 nitrogen and oxygen atoms in total. The third kappa shape index (κ3) is 1.90. The zero-order chi connectivity index (χ0) is 14.2. The minimum atomic E-state index is 1.10. The van der Waals surface area contributed by atoms with Gasteiger partial charge in [0, 0.05) is 10.8 Å². The minimum absolute atomic E-state index is 1.10. The lowest BCUT2D eigenvalue weighted by molar-refractivity contribution is -0.643. The van der Waals surface area contributed by atoms with Crippen molar-refractivity contribution in [2.24, 2.45) is 0 Å². The maximum Gasteiger partial charge on any atom is 0.285 e. The topological polar surface area (TPSA) is 7.12 Å². The Morgan fingerprint density at radius 1 is 0.952 bits per heavy atom. The Kier molecular flexibility index (Phi) is 3.03. The number of anilines is 1.